The van der Waals surface area contributed by atoms with E-state index in [2.05, 4.69) is 47.2 Å². The molecule has 0 aromatic heterocycles. The Morgan fingerprint density at radius 1 is 0.957 bits per heavy atom. The molecule has 2 rings (SSSR count). The Labute approximate surface area is 146 Å². The molecule has 0 spiro atoms. The lowest BCUT2D eigenvalue weighted by Gasteiger charge is -2.11. The van der Waals surface area contributed by atoms with Crippen molar-refractivity contribution in [3.63, 3.8) is 0 Å². The van der Waals surface area contributed by atoms with Crippen LogP contribution in [0.3, 0.4) is 0 Å². The molecule has 0 saturated heterocycles. The van der Waals surface area contributed by atoms with Gasteiger partial charge in [0.15, 0.2) is 0 Å². The Hall–Kier alpha value is -1.74. The predicted octanol–water partition coefficient (Wildman–Crippen LogP) is 5.75. The standard InChI is InChI=1S/C14H9Br2F3N2O2/c15-8-4-9(16)6-11(5-8)21-13(22)20-10-2-1-3-12(7-10)23-14(17,18)19/h1-7H,(H2,20,21,22). The molecule has 4 nitrogen and oxygen atoms in total. The van der Waals surface area contributed by atoms with E-state index in [1.807, 2.05) is 0 Å². The number of rotatable bonds is 3. The third-order valence-electron chi connectivity index (χ3n) is 2.45. The fraction of sp³-hybridized carbons (Fsp3) is 0.0714. The zero-order valence-corrected chi connectivity index (χ0v) is 14.4. The van der Waals surface area contributed by atoms with Gasteiger partial charge < -0.3 is 15.4 Å². The van der Waals surface area contributed by atoms with Gasteiger partial charge in [0.05, 0.1) is 0 Å². The third-order valence-corrected chi connectivity index (χ3v) is 3.36. The van der Waals surface area contributed by atoms with Crippen molar-refractivity contribution in [2.75, 3.05) is 10.6 Å². The summed E-state index contributed by atoms with van der Waals surface area (Å²) >= 11 is 6.56. The minimum Gasteiger partial charge on any atom is -0.406 e. The molecule has 2 aromatic carbocycles. The summed E-state index contributed by atoms with van der Waals surface area (Å²) in [7, 11) is 0. The molecular weight excluding hydrogens is 445 g/mol. The number of halogens is 5. The smallest absolute Gasteiger partial charge is 0.406 e. The van der Waals surface area contributed by atoms with E-state index in [4.69, 9.17) is 0 Å². The number of carbonyl (C=O) groups is 1. The van der Waals surface area contributed by atoms with Crippen LogP contribution in [0.2, 0.25) is 0 Å². The quantitative estimate of drug-likeness (QED) is 0.621. The fourth-order valence-electron chi connectivity index (χ4n) is 1.69. The van der Waals surface area contributed by atoms with E-state index < -0.39 is 18.1 Å². The summed E-state index contributed by atoms with van der Waals surface area (Å²) < 4.78 is 41.8. The van der Waals surface area contributed by atoms with Gasteiger partial charge in [-0.15, -0.1) is 13.2 Å². The van der Waals surface area contributed by atoms with Crippen LogP contribution in [-0.2, 0) is 0 Å². The van der Waals surface area contributed by atoms with Crippen LogP contribution >= 0.6 is 31.9 Å². The van der Waals surface area contributed by atoms with Crippen LogP contribution in [0.15, 0.2) is 51.4 Å². The largest absolute Gasteiger partial charge is 0.573 e. The Morgan fingerprint density at radius 3 is 2.17 bits per heavy atom. The summed E-state index contributed by atoms with van der Waals surface area (Å²) in [4.78, 5) is 11.9. The second kappa shape index (κ2) is 7.22. The van der Waals surface area contributed by atoms with Gasteiger partial charge in [-0.3, -0.25) is 0 Å². The van der Waals surface area contributed by atoms with E-state index >= 15 is 0 Å². The van der Waals surface area contributed by atoms with Crippen LogP contribution < -0.4 is 15.4 Å². The maximum Gasteiger partial charge on any atom is 0.573 e. The fourth-order valence-corrected chi connectivity index (χ4v) is 2.98. The van der Waals surface area contributed by atoms with Gasteiger partial charge in [-0.2, -0.15) is 0 Å². The van der Waals surface area contributed by atoms with Gasteiger partial charge in [0, 0.05) is 26.4 Å². The first-order valence-corrected chi connectivity index (χ1v) is 7.70. The average molecular weight is 454 g/mol. The van der Waals surface area contributed by atoms with Gasteiger partial charge >= 0.3 is 12.4 Å². The average Bonchev–Trinajstić information content (AvgIpc) is 2.35. The Balaban J connectivity index is 2.04. The molecule has 23 heavy (non-hydrogen) atoms. The summed E-state index contributed by atoms with van der Waals surface area (Å²) in [6.07, 6.45) is -4.79. The first-order valence-electron chi connectivity index (χ1n) is 6.11. The minimum absolute atomic E-state index is 0.165. The monoisotopic (exact) mass is 452 g/mol. The Kier molecular flexibility index (Phi) is 5.53. The van der Waals surface area contributed by atoms with E-state index in [-0.39, 0.29) is 5.69 Å². The van der Waals surface area contributed by atoms with E-state index in [0.29, 0.717) is 5.69 Å². The molecular formula is C14H9Br2F3N2O2. The van der Waals surface area contributed by atoms with Crippen LogP contribution in [0.5, 0.6) is 5.75 Å². The predicted molar refractivity (Wildman–Crippen MR) is 87.6 cm³/mol. The number of benzene rings is 2. The molecule has 0 radical (unpaired) electrons. The molecule has 0 bridgehead atoms. The molecule has 0 fully saturated rings. The van der Waals surface area contributed by atoms with Crippen LogP contribution in [-0.4, -0.2) is 12.4 Å². The highest BCUT2D eigenvalue weighted by molar-refractivity contribution is 9.11. The number of alkyl halides is 3. The number of urea groups is 1. The number of hydrogen-bond acceptors (Lipinski definition) is 2. The first kappa shape index (κ1) is 17.6. The van der Waals surface area contributed by atoms with Gasteiger partial charge in [-0.25, -0.2) is 4.79 Å². The SMILES string of the molecule is O=C(Nc1cc(Br)cc(Br)c1)Nc1cccc(OC(F)(F)F)c1. The number of hydrogen-bond donors (Lipinski definition) is 2. The number of carbonyl (C=O) groups excluding carboxylic acids is 1. The molecule has 0 aliphatic heterocycles. The van der Waals surface area contributed by atoms with Gasteiger partial charge in [0.1, 0.15) is 5.75 Å². The van der Waals surface area contributed by atoms with Crippen molar-refractivity contribution < 1.29 is 22.7 Å². The van der Waals surface area contributed by atoms with Gasteiger partial charge in [-0.1, -0.05) is 37.9 Å². The van der Waals surface area contributed by atoms with Crippen LogP contribution in [0, 0.1) is 0 Å². The molecule has 2 amide bonds. The summed E-state index contributed by atoms with van der Waals surface area (Å²) in [5.74, 6) is -0.416. The zero-order chi connectivity index (χ0) is 17.0. The lowest BCUT2D eigenvalue weighted by Crippen LogP contribution is -2.20. The van der Waals surface area contributed by atoms with Gasteiger partial charge in [0.25, 0.3) is 0 Å². The Bertz CT molecular complexity index is 703. The first-order chi connectivity index (χ1) is 10.7. The van der Waals surface area contributed by atoms with E-state index in [1.165, 1.54) is 12.1 Å². The summed E-state index contributed by atoms with van der Waals surface area (Å²) in [5.41, 5.74) is 0.671. The highest BCUT2D eigenvalue weighted by atomic mass is 79.9. The van der Waals surface area contributed by atoms with E-state index in [1.54, 1.807) is 18.2 Å². The highest BCUT2D eigenvalue weighted by Crippen LogP contribution is 2.26. The minimum atomic E-state index is -4.79. The van der Waals surface area contributed by atoms with Crippen LogP contribution in [0.1, 0.15) is 0 Å². The molecule has 0 unspecified atom stereocenters. The molecule has 2 N–H and O–H groups in total. The molecule has 0 saturated carbocycles. The molecule has 9 heteroatoms. The van der Waals surface area contributed by atoms with Crippen molar-refractivity contribution in [3.8, 4) is 5.75 Å². The number of amides is 2. The molecule has 0 heterocycles. The third kappa shape index (κ3) is 6.11. The van der Waals surface area contributed by atoms with Crippen molar-refractivity contribution in [1.82, 2.24) is 0 Å². The number of anilines is 2. The van der Waals surface area contributed by atoms with Crippen molar-refractivity contribution in [2.24, 2.45) is 0 Å². The second-order valence-corrected chi connectivity index (χ2v) is 6.14. The zero-order valence-electron chi connectivity index (χ0n) is 11.2. The maximum atomic E-state index is 12.2. The molecule has 122 valence electrons. The van der Waals surface area contributed by atoms with E-state index in [9.17, 15) is 18.0 Å². The van der Waals surface area contributed by atoms with Crippen LogP contribution in [0.4, 0.5) is 29.3 Å². The maximum absolute atomic E-state index is 12.2. The van der Waals surface area contributed by atoms with Gasteiger partial charge in [0.2, 0.25) is 0 Å². The second-order valence-electron chi connectivity index (χ2n) is 4.31. The molecule has 2 aromatic rings. The topological polar surface area (TPSA) is 50.4 Å². The highest BCUT2D eigenvalue weighted by Gasteiger charge is 2.31. The lowest BCUT2D eigenvalue weighted by molar-refractivity contribution is -0.274. The van der Waals surface area contributed by atoms with Crippen molar-refractivity contribution >= 4 is 49.3 Å². The Morgan fingerprint density at radius 2 is 1.57 bits per heavy atom. The lowest BCUT2D eigenvalue weighted by atomic mass is 10.3. The summed E-state index contributed by atoms with van der Waals surface area (Å²) in [5, 5.41) is 4.99. The molecule has 0 atom stereocenters. The normalized spacial score (nSPS) is 11.0. The summed E-state index contributed by atoms with van der Waals surface area (Å²) in [6.45, 7) is 0. The van der Waals surface area contributed by atoms with Crippen molar-refractivity contribution in [2.45, 2.75) is 6.36 Å². The molecule has 0 aliphatic carbocycles. The summed E-state index contributed by atoms with van der Waals surface area (Å²) in [6, 6.07) is 9.54. The number of ether oxygens (including phenoxy) is 1. The van der Waals surface area contributed by atoms with Crippen molar-refractivity contribution in [1.29, 1.82) is 0 Å². The number of nitrogens with one attached hydrogen (secondary N) is 2. The van der Waals surface area contributed by atoms with Crippen molar-refractivity contribution in [3.05, 3.63) is 51.4 Å². The van der Waals surface area contributed by atoms with E-state index in [0.717, 1.165) is 21.1 Å². The molecule has 0 aliphatic rings. The van der Waals surface area contributed by atoms with Crippen LogP contribution in [0.25, 0.3) is 0 Å². The van der Waals surface area contributed by atoms with Gasteiger partial charge in [-0.05, 0) is 30.3 Å².